The normalized spacial score (nSPS) is 9.97. The molecule has 0 aliphatic heterocycles. The number of rotatable bonds is 7. The molecule has 0 aliphatic carbocycles. The summed E-state index contributed by atoms with van der Waals surface area (Å²) in [6.45, 7) is 15.2. The summed E-state index contributed by atoms with van der Waals surface area (Å²) in [7, 11) is 0. The fourth-order valence-electron chi connectivity index (χ4n) is 2.14. The predicted octanol–water partition coefficient (Wildman–Crippen LogP) is 4.80. The zero-order valence-electron chi connectivity index (χ0n) is 17.1. The molecule has 0 amide bonds. The summed E-state index contributed by atoms with van der Waals surface area (Å²) in [5.74, 6) is -1.30. The highest BCUT2D eigenvalue weighted by atomic mass is 16.6. The Labute approximate surface area is 175 Å². The van der Waals surface area contributed by atoms with Crippen LogP contribution in [0.4, 0.5) is 0 Å². The van der Waals surface area contributed by atoms with Crippen LogP contribution in [0.2, 0.25) is 0 Å². The lowest BCUT2D eigenvalue weighted by atomic mass is 10.0. The van der Waals surface area contributed by atoms with E-state index in [1.165, 1.54) is 19.9 Å². The molecule has 0 spiro atoms. The monoisotopic (exact) mass is 406 g/mol. The number of hydrogen-bond donors (Lipinski definition) is 0. The molecule has 154 valence electrons. The third-order valence-corrected chi connectivity index (χ3v) is 3.79. The van der Waals surface area contributed by atoms with Gasteiger partial charge < -0.3 is 14.2 Å². The Kier molecular flexibility index (Phi) is 7.09. The van der Waals surface area contributed by atoms with Crippen LogP contribution in [-0.2, 0) is 14.4 Å². The van der Waals surface area contributed by atoms with Gasteiger partial charge in [-0.3, -0.25) is 0 Å². The molecule has 2 aromatic rings. The molecular weight excluding hydrogens is 384 g/mol. The van der Waals surface area contributed by atoms with E-state index in [2.05, 4.69) is 19.7 Å². The molecule has 0 N–H and O–H groups in total. The molecule has 0 saturated carbocycles. The van der Waals surface area contributed by atoms with Crippen LogP contribution in [0.25, 0.3) is 11.1 Å². The summed E-state index contributed by atoms with van der Waals surface area (Å²) < 4.78 is 15.8. The average molecular weight is 406 g/mol. The third-order valence-electron chi connectivity index (χ3n) is 3.79. The van der Waals surface area contributed by atoms with Gasteiger partial charge in [-0.1, -0.05) is 37.9 Å². The Morgan fingerprint density at radius 3 is 1.53 bits per heavy atom. The van der Waals surface area contributed by atoms with Crippen LogP contribution >= 0.6 is 0 Å². The van der Waals surface area contributed by atoms with Crippen molar-refractivity contribution in [2.24, 2.45) is 0 Å². The first-order chi connectivity index (χ1) is 14.1. The van der Waals surface area contributed by atoms with Gasteiger partial charge in [-0.05, 0) is 56.2 Å². The smallest absolute Gasteiger partial charge is 0.338 e. The molecule has 0 fully saturated rings. The van der Waals surface area contributed by atoms with Crippen molar-refractivity contribution in [3.8, 4) is 28.4 Å². The maximum absolute atomic E-state index is 12.0. The van der Waals surface area contributed by atoms with Gasteiger partial charge >= 0.3 is 17.9 Å². The van der Waals surface area contributed by atoms with Crippen molar-refractivity contribution in [1.82, 2.24) is 0 Å². The SMILES string of the molecule is C=C(C)C(=O)Oc1ccc(-c2ccc(OC(=O)C(=C)C)c(OC(=O)C(=C)C)c2)cc1. The van der Waals surface area contributed by atoms with E-state index in [0.717, 1.165) is 5.56 Å². The van der Waals surface area contributed by atoms with Gasteiger partial charge in [-0.25, -0.2) is 14.4 Å². The van der Waals surface area contributed by atoms with E-state index in [4.69, 9.17) is 14.2 Å². The van der Waals surface area contributed by atoms with E-state index in [0.29, 0.717) is 16.9 Å². The van der Waals surface area contributed by atoms with Crippen molar-refractivity contribution >= 4 is 17.9 Å². The minimum Gasteiger partial charge on any atom is -0.423 e. The van der Waals surface area contributed by atoms with Crippen LogP contribution in [0.1, 0.15) is 20.8 Å². The molecule has 30 heavy (non-hydrogen) atoms. The van der Waals surface area contributed by atoms with Crippen molar-refractivity contribution in [3.63, 3.8) is 0 Å². The summed E-state index contributed by atoms with van der Waals surface area (Å²) >= 11 is 0. The third kappa shape index (κ3) is 5.78. The van der Waals surface area contributed by atoms with Gasteiger partial charge in [0.1, 0.15) is 5.75 Å². The number of carbonyl (C=O) groups excluding carboxylic acids is 3. The van der Waals surface area contributed by atoms with Crippen LogP contribution in [0.3, 0.4) is 0 Å². The molecule has 0 radical (unpaired) electrons. The second-order valence-electron chi connectivity index (χ2n) is 6.70. The van der Waals surface area contributed by atoms with Gasteiger partial charge in [0.2, 0.25) is 0 Å². The van der Waals surface area contributed by atoms with Crippen molar-refractivity contribution in [2.75, 3.05) is 0 Å². The topological polar surface area (TPSA) is 78.9 Å². The fourth-order valence-corrected chi connectivity index (χ4v) is 2.14. The predicted molar refractivity (Wildman–Crippen MR) is 113 cm³/mol. The lowest BCUT2D eigenvalue weighted by molar-refractivity contribution is -0.132. The number of benzene rings is 2. The van der Waals surface area contributed by atoms with Gasteiger partial charge in [0, 0.05) is 16.7 Å². The van der Waals surface area contributed by atoms with Crippen LogP contribution in [0.15, 0.2) is 78.9 Å². The molecule has 0 saturated heterocycles. The number of esters is 3. The molecule has 0 aliphatic rings. The summed E-state index contributed by atoms with van der Waals surface area (Å²) in [4.78, 5) is 35.5. The Bertz CT molecular complexity index is 1040. The second kappa shape index (κ2) is 9.52. The van der Waals surface area contributed by atoms with E-state index in [-0.39, 0.29) is 22.6 Å². The average Bonchev–Trinajstić information content (AvgIpc) is 2.69. The maximum Gasteiger partial charge on any atom is 0.338 e. The van der Waals surface area contributed by atoms with E-state index < -0.39 is 17.9 Å². The van der Waals surface area contributed by atoms with E-state index in [1.807, 2.05) is 0 Å². The second-order valence-corrected chi connectivity index (χ2v) is 6.70. The zero-order valence-corrected chi connectivity index (χ0v) is 17.1. The van der Waals surface area contributed by atoms with E-state index in [9.17, 15) is 14.4 Å². The minimum absolute atomic E-state index is 0.0629. The van der Waals surface area contributed by atoms with Crippen LogP contribution in [-0.4, -0.2) is 17.9 Å². The van der Waals surface area contributed by atoms with Gasteiger partial charge in [0.15, 0.2) is 11.5 Å². The van der Waals surface area contributed by atoms with Crippen molar-refractivity contribution < 1.29 is 28.6 Å². The Morgan fingerprint density at radius 1 is 0.600 bits per heavy atom. The highest BCUT2D eigenvalue weighted by Gasteiger charge is 2.16. The van der Waals surface area contributed by atoms with Crippen LogP contribution in [0, 0.1) is 0 Å². The molecule has 2 rings (SSSR count). The number of hydrogen-bond acceptors (Lipinski definition) is 6. The molecular formula is C24H22O6. The Balaban J connectivity index is 2.36. The maximum atomic E-state index is 12.0. The molecule has 0 bridgehead atoms. The lowest BCUT2D eigenvalue weighted by Gasteiger charge is -2.13. The van der Waals surface area contributed by atoms with Crippen molar-refractivity contribution in [2.45, 2.75) is 20.8 Å². The van der Waals surface area contributed by atoms with Crippen molar-refractivity contribution in [3.05, 3.63) is 78.9 Å². The molecule has 0 atom stereocenters. The van der Waals surface area contributed by atoms with Crippen molar-refractivity contribution in [1.29, 1.82) is 0 Å². The first-order valence-corrected chi connectivity index (χ1v) is 8.96. The zero-order chi connectivity index (χ0) is 22.4. The molecule has 2 aromatic carbocycles. The highest BCUT2D eigenvalue weighted by Crippen LogP contribution is 2.34. The lowest BCUT2D eigenvalue weighted by Crippen LogP contribution is -2.12. The molecule has 0 unspecified atom stereocenters. The van der Waals surface area contributed by atoms with E-state index >= 15 is 0 Å². The first-order valence-electron chi connectivity index (χ1n) is 8.96. The fraction of sp³-hybridized carbons (Fsp3) is 0.125. The summed E-state index contributed by atoms with van der Waals surface area (Å²) in [6, 6.07) is 11.5. The standard InChI is InChI=1S/C24H22O6/c1-14(2)22(25)28-19-10-7-17(8-11-19)18-9-12-20(29-23(26)15(3)4)21(13-18)30-24(27)16(5)6/h7-13H,1,3,5H2,2,4,6H3. The van der Waals surface area contributed by atoms with E-state index in [1.54, 1.807) is 43.3 Å². The molecule has 0 aromatic heterocycles. The van der Waals surface area contributed by atoms with Crippen LogP contribution in [0.5, 0.6) is 17.2 Å². The summed E-state index contributed by atoms with van der Waals surface area (Å²) in [5.41, 5.74) is 2.14. The molecule has 6 heteroatoms. The van der Waals surface area contributed by atoms with Gasteiger partial charge in [-0.2, -0.15) is 0 Å². The number of carbonyl (C=O) groups is 3. The van der Waals surface area contributed by atoms with Crippen LogP contribution < -0.4 is 14.2 Å². The van der Waals surface area contributed by atoms with Gasteiger partial charge in [-0.15, -0.1) is 0 Å². The number of ether oxygens (including phenoxy) is 3. The first kappa shape index (κ1) is 22.4. The van der Waals surface area contributed by atoms with Gasteiger partial charge in [0.05, 0.1) is 0 Å². The summed E-state index contributed by atoms with van der Waals surface area (Å²) in [5, 5.41) is 0. The summed E-state index contributed by atoms with van der Waals surface area (Å²) in [6.07, 6.45) is 0. The molecule has 6 nitrogen and oxygen atoms in total. The quantitative estimate of drug-likeness (QED) is 0.373. The Hall–Kier alpha value is -3.93. The molecule has 0 heterocycles. The Morgan fingerprint density at radius 2 is 1.03 bits per heavy atom. The van der Waals surface area contributed by atoms with Gasteiger partial charge in [0.25, 0.3) is 0 Å². The highest BCUT2D eigenvalue weighted by molar-refractivity contribution is 5.91. The minimum atomic E-state index is -0.651. The largest absolute Gasteiger partial charge is 0.423 e.